The van der Waals surface area contributed by atoms with Crippen LogP contribution in [0, 0.1) is 5.82 Å². The summed E-state index contributed by atoms with van der Waals surface area (Å²) in [5.41, 5.74) is -0.741. The molecule has 15 heavy (non-hydrogen) atoms. The van der Waals surface area contributed by atoms with Crippen LogP contribution in [-0.2, 0) is 0 Å². The first-order valence-electron chi connectivity index (χ1n) is 4.77. The SMILES string of the molecule is C[C@]1(CF)C[C@H](O)c2cccc(F)c2O1. The van der Waals surface area contributed by atoms with Crippen molar-refractivity contribution in [2.75, 3.05) is 6.67 Å². The molecule has 2 nitrogen and oxygen atoms in total. The average molecular weight is 214 g/mol. The van der Waals surface area contributed by atoms with Crippen LogP contribution in [0.1, 0.15) is 25.0 Å². The Labute approximate surface area is 86.5 Å². The van der Waals surface area contributed by atoms with Crippen LogP contribution in [0.15, 0.2) is 18.2 Å². The molecule has 0 amide bonds. The molecule has 0 aromatic heterocycles. The zero-order chi connectivity index (χ0) is 11.1. The topological polar surface area (TPSA) is 29.5 Å². The fraction of sp³-hybridized carbons (Fsp3) is 0.455. The van der Waals surface area contributed by atoms with Crippen molar-refractivity contribution in [1.82, 2.24) is 0 Å². The Kier molecular flexibility index (Phi) is 2.38. The van der Waals surface area contributed by atoms with Crippen LogP contribution in [0.3, 0.4) is 0 Å². The van der Waals surface area contributed by atoms with Gasteiger partial charge in [0.1, 0.15) is 12.3 Å². The van der Waals surface area contributed by atoms with E-state index in [1.807, 2.05) is 0 Å². The molecule has 0 spiro atoms. The number of fused-ring (bicyclic) bond motifs is 1. The molecule has 2 rings (SSSR count). The summed E-state index contributed by atoms with van der Waals surface area (Å²) in [6.07, 6.45) is -0.731. The number of hydrogen-bond acceptors (Lipinski definition) is 2. The minimum Gasteiger partial charge on any atom is -0.481 e. The lowest BCUT2D eigenvalue weighted by atomic mass is 9.91. The number of halogens is 2. The highest BCUT2D eigenvalue weighted by molar-refractivity contribution is 5.39. The molecule has 0 fully saturated rings. The van der Waals surface area contributed by atoms with Crippen molar-refractivity contribution in [2.45, 2.75) is 25.0 Å². The molecule has 1 aromatic rings. The van der Waals surface area contributed by atoms with Crippen LogP contribution in [0.25, 0.3) is 0 Å². The molecule has 0 saturated heterocycles. The number of aliphatic hydroxyl groups is 1. The monoisotopic (exact) mass is 214 g/mol. The Hall–Kier alpha value is -1.16. The van der Waals surface area contributed by atoms with Gasteiger partial charge >= 0.3 is 0 Å². The van der Waals surface area contributed by atoms with Crippen LogP contribution in [-0.4, -0.2) is 17.4 Å². The third kappa shape index (κ3) is 1.69. The minimum atomic E-state index is -1.13. The van der Waals surface area contributed by atoms with Gasteiger partial charge in [-0.05, 0) is 13.0 Å². The van der Waals surface area contributed by atoms with Crippen molar-refractivity contribution < 1.29 is 18.6 Å². The lowest BCUT2D eigenvalue weighted by Gasteiger charge is -2.36. The van der Waals surface area contributed by atoms with Gasteiger partial charge in [0.15, 0.2) is 11.6 Å². The second-order valence-corrected chi connectivity index (χ2v) is 4.06. The van der Waals surface area contributed by atoms with E-state index in [4.69, 9.17) is 4.74 Å². The number of hydrogen-bond donors (Lipinski definition) is 1. The van der Waals surface area contributed by atoms with E-state index >= 15 is 0 Å². The average Bonchev–Trinajstić information content (AvgIpc) is 2.20. The molecule has 2 atom stereocenters. The summed E-state index contributed by atoms with van der Waals surface area (Å²) >= 11 is 0. The van der Waals surface area contributed by atoms with E-state index in [9.17, 15) is 13.9 Å². The van der Waals surface area contributed by atoms with Gasteiger partial charge in [-0.2, -0.15) is 0 Å². The molecule has 1 aliphatic rings. The van der Waals surface area contributed by atoms with Crippen molar-refractivity contribution in [2.24, 2.45) is 0 Å². The maximum atomic E-state index is 13.4. The highest BCUT2D eigenvalue weighted by atomic mass is 19.1. The summed E-state index contributed by atoms with van der Waals surface area (Å²) in [6, 6.07) is 4.31. The highest BCUT2D eigenvalue weighted by Crippen LogP contribution is 2.40. The molecular formula is C11H12F2O2. The standard InChI is InChI=1S/C11H12F2O2/c1-11(6-12)5-9(14)7-3-2-4-8(13)10(7)15-11/h2-4,9,14H,5-6H2,1H3/t9-,11+/m0/s1. The molecule has 1 aromatic carbocycles. The van der Waals surface area contributed by atoms with Gasteiger partial charge in [0.05, 0.1) is 6.10 Å². The fourth-order valence-corrected chi connectivity index (χ4v) is 1.78. The van der Waals surface area contributed by atoms with E-state index in [1.165, 1.54) is 19.1 Å². The van der Waals surface area contributed by atoms with E-state index in [2.05, 4.69) is 0 Å². The van der Waals surface area contributed by atoms with E-state index < -0.39 is 24.2 Å². The minimum absolute atomic E-state index is 0.0311. The largest absolute Gasteiger partial charge is 0.481 e. The van der Waals surface area contributed by atoms with Gasteiger partial charge < -0.3 is 9.84 Å². The number of para-hydroxylation sites is 1. The second-order valence-electron chi connectivity index (χ2n) is 4.06. The molecule has 0 aliphatic carbocycles. The predicted octanol–water partition coefficient (Wildman–Crippen LogP) is 2.37. The zero-order valence-electron chi connectivity index (χ0n) is 8.34. The Balaban J connectivity index is 2.46. The van der Waals surface area contributed by atoms with Crippen molar-refractivity contribution in [3.05, 3.63) is 29.6 Å². The maximum absolute atomic E-state index is 13.4. The molecule has 0 saturated carbocycles. The van der Waals surface area contributed by atoms with Crippen LogP contribution in [0.4, 0.5) is 8.78 Å². The molecule has 0 unspecified atom stereocenters. The lowest BCUT2D eigenvalue weighted by molar-refractivity contribution is -0.0198. The first-order chi connectivity index (χ1) is 7.06. The Morgan fingerprint density at radius 2 is 2.33 bits per heavy atom. The number of rotatable bonds is 1. The van der Waals surface area contributed by atoms with Crippen LogP contribution in [0.5, 0.6) is 5.75 Å². The van der Waals surface area contributed by atoms with Gasteiger partial charge in [0.2, 0.25) is 0 Å². The second kappa shape index (κ2) is 3.45. The molecule has 4 heteroatoms. The normalized spacial score (nSPS) is 29.5. The summed E-state index contributed by atoms with van der Waals surface area (Å²) in [7, 11) is 0. The number of ether oxygens (including phenoxy) is 1. The van der Waals surface area contributed by atoms with E-state index in [0.29, 0.717) is 5.56 Å². The van der Waals surface area contributed by atoms with Crippen LogP contribution in [0.2, 0.25) is 0 Å². The number of aliphatic hydroxyl groups excluding tert-OH is 1. The van der Waals surface area contributed by atoms with Gasteiger partial charge in [-0.3, -0.25) is 0 Å². The number of benzene rings is 1. The molecular weight excluding hydrogens is 202 g/mol. The summed E-state index contributed by atoms with van der Waals surface area (Å²) in [6.45, 7) is 0.767. The first kappa shape index (κ1) is 10.4. The molecule has 1 N–H and O–H groups in total. The molecule has 1 heterocycles. The molecule has 1 aliphatic heterocycles. The summed E-state index contributed by atoms with van der Waals surface area (Å²) < 4.78 is 31.3. The summed E-state index contributed by atoms with van der Waals surface area (Å²) in [5, 5.41) is 9.74. The van der Waals surface area contributed by atoms with Crippen LogP contribution < -0.4 is 4.74 Å². The third-order valence-electron chi connectivity index (χ3n) is 2.61. The summed E-state index contributed by atoms with van der Waals surface area (Å²) in [4.78, 5) is 0. The van der Waals surface area contributed by atoms with E-state index in [-0.39, 0.29) is 12.2 Å². The zero-order valence-corrected chi connectivity index (χ0v) is 8.34. The van der Waals surface area contributed by atoms with Crippen molar-refractivity contribution in [3.8, 4) is 5.75 Å². The van der Waals surface area contributed by atoms with Crippen molar-refractivity contribution in [3.63, 3.8) is 0 Å². The smallest absolute Gasteiger partial charge is 0.165 e. The van der Waals surface area contributed by atoms with Gasteiger partial charge in [-0.25, -0.2) is 8.78 Å². The third-order valence-corrected chi connectivity index (χ3v) is 2.61. The summed E-state index contributed by atoms with van der Waals surface area (Å²) in [5.74, 6) is -0.595. The van der Waals surface area contributed by atoms with E-state index in [1.54, 1.807) is 6.07 Å². The van der Waals surface area contributed by atoms with Gasteiger partial charge in [-0.1, -0.05) is 12.1 Å². The van der Waals surface area contributed by atoms with Gasteiger partial charge in [0.25, 0.3) is 0 Å². The van der Waals surface area contributed by atoms with Gasteiger partial charge in [-0.15, -0.1) is 0 Å². The maximum Gasteiger partial charge on any atom is 0.165 e. The lowest BCUT2D eigenvalue weighted by Crippen LogP contribution is -2.40. The molecule has 0 radical (unpaired) electrons. The Bertz CT molecular complexity index is 381. The number of alkyl halides is 1. The molecule has 82 valence electrons. The Morgan fingerprint density at radius 3 is 3.00 bits per heavy atom. The first-order valence-corrected chi connectivity index (χ1v) is 4.77. The Morgan fingerprint density at radius 1 is 1.60 bits per heavy atom. The predicted molar refractivity (Wildman–Crippen MR) is 51.0 cm³/mol. The van der Waals surface area contributed by atoms with Crippen molar-refractivity contribution in [1.29, 1.82) is 0 Å². The quantitative estimate of drug-likeness (QED) is 0.777. The van der Waals surface area contributed by atoms with Crippen molar-refractivity contribution >= 4 is 0 Å². The van der Waals surface area contributed by atoms with Crippen LogP contribution >= 0.6 is 0 Å². The van der Waals surface area contributed by atoms with Gasteiger partial charge in [0, 0.05) is 12.0 Å². The molecule has 0 bridgehead atoms. The van der Waals surface area contributed by atoms with E-state index in [0.717, 1.165) is 0 Å². The highest BCUT2D eigenvalue weighted by Gasteiger charge is 2.38. The fourth-order valence-electron chi connectivity index (χ4n) is 1.78.